The zero-order chi connectivity index (χ0) is 15.7. The minimum atomic E-state index is -0.120. The van der Waals surface area contributed by atoms with E-state index in [9.17, 15) is 4.79 Å². The second-order valence-electron chi connectivity index (χ2n) is 5.56. The van der Waals surface area contributed by atoms with Crippen molar-refractivity contribution in [3.63, 3.8) is 0 Å². The molecule has 118 valence electrons. The van der Waals surface area contributed by atoms with Crippen LogP contribution >= 0.6 is 11.3 Å². The number of carbonyl (C=O) groups is 1. The monoisotopic (exact) mass is 321 g/mol. The van der Waals surface area contributed by atoms with Gasteiger partial charge in [-0.1, -0.05) is 0 Å². The first kappa shape index (κ1) is 15.2. The van der Waals surface area contributed by atoms with E-state index in [1.165, 1.54) is 6.39 Å². The van der Waals surface area contributed by atoms with Crippen LogP contribution in [0.25, 0.3) is 0 Å². The summed E-state index contributed by atoms with van der Waals surface area (Å²) in [5, 5.41) is 2.87. The van der Waals surface area contributed by atoms with Gasteiger partial charge in [-0.25, -0.2) is 9.97 Å². The van der Waals surface area contributed by atoms with Gasteiger partial charge in [-0.15, -0.1) is 11.3 Å². The van der Waals surface area contributed by atoms with Gasteiger partial charge in [0.05, 0.1) is 12.2 Å². The molecule has 2 aromatic rings. The molecule has 1 unspecified atom stereocenters. The van der Waals surface area contributed by atoms with Crippen molar-refractivity contribution in [1.29, 1.82) is 0 Å². The first-order valence-electron chi connectivity index (χ1n) is 7.26. The lowest BCUT2D eigenvalue weighted by Crippen LogP contribution is -2.27. The maximum Gasteiger partial charge on any atom is 0.276 e. The van der Waals surface area contributed by atoms with Gasteiger partial charge in [0.1, 0.15) is 16.9 Å². The third kappa shape index (κ3) is 3.05. The molecule has 6 nitrogen and oxygen atoms in total. The zero-order valence-electron chi connectivity index (χ0n) is 12.9. The van der Waals surface area contributed by atoms with Gasteiger partial charge in [0, 0.05) is 25.5 Å². The Kier molecular flexibility index (Phi) is 4.26. The summed E-state index contributed by atoms with van der Waals surface area (Å²) in [6.45, 7) is 2.40. The van der Waals surface area contributed by atoms with Crippen LogP contribution in [-0.4, -0.2) is 34.9 Å². The summed E-state index contributed by atoms with van der Waals surface area (Å²) in [5.74, 6) is 0.970. The molecule has 1 saturated carbocycles. The molecule has 0 N–H and O–H groups in total. The van der Waals surface area contributed by atoms with Crippen LogP contribution in [0.5, 0.6) is 0 Å². The Labute approximate surface area is 133 Å². The molecule has 1 amide bonds. The fourth-order valence-electron chi connectivity index (χ4n) is 2.23. The molecule has 1 fully saturated rings. The number of ether oxygens (including phenoxy) is 1. The fourth-order valence-corrected chi connectivity index (χ4v) is 3.07. The average molecular weight is 321 g/mol. The molecule has 0 radical (unpaired) electrons. The molecule has 22 heavy (non-hydrogen) atoms. The normalized spacial score (nSPS) is 15.8. The van der Waals surface area contributed by atoms with Gasteiger partial charge in [0.15, 0.2) is 12.1 Å². The summed E-state index contributed by atoms with van der Waals surface area (Å²) in [6, 6.07) is 0. The van der Waals surface area contributed by atoms with Gasteiger partial charge in [-0.3, -0.25) is 4.79 Å². The number of rotatable bonds is 6. The van der Waals surface area contributed by atoms with Gasteiger partial charge in [-0.05, 0) is 19.8 Å². The molecule has 1 atom stereocenters. The Morgan fingerprint density at radius 1 is 1.59 bits per heavy atom. The third-order valence-corrected chi connectivity index (χ3v) is 4.82. The number of thiazole rings is 1. The molecule has 1 aliphatic carbocycles. The highest BCUT2D eigenvalue weighted by Gasteiger charge is 2.33. The lowest BCUT2D eigenvalue weighted by molar-refractivity contribution is 0.0775. The van der Waals surface area contributed by atoms with Crippen molar-refractivity contribution < 1.29 is 13.9 Å². The number of hydrogen-bond acceptors (Lipinski definition) is 6. The quantitative estimate of drug-likeness (QED) is 0.818. The highest BCUT2D eigenvalue weighted by molar-refractivity contribution is 7.09. The summed E-state index contributed by atoms with van der Waals surface area (Å²) in [7, 11) is 3.41. The molecule has 1 aliphatic rings. The molecule has 7 heteroatoms. The van der Waals surface area contributed by atoms with Crippen molar-refractivity contribution in [1.82, 2.24) is 14.9 Å². The summed E-state index contributed by atoms with van der Waals surface area (Å²) >= 11 is 1.54. The van der Waals surface area contributed by atoms with Crippen molar-refractivity contribution in [3.05, 3.63) is 33.9 Å². The van der Waals surface area contributed by atoms with Crippen LogP contribution in [0, 0.1) is 0 Å². The van der Waals surface area contributed by atoms with E-state index in [1.807, 2.05) is 12.3 Å². The van der Waals surface area contributed by atoms with E-state index in [-0.39, 0.29) is 12.0 Å². The lowest BCUT2D eigenvalue weighted by atomic mass is 10.2. The van der Waals surface area contributed by atoms with Crippen LogP contribution < -0.4 is 0 Å². The Bertz CT molecular complexity index is 663. The molecular weight excluding hydrogens is 302 g/mol. The molecule has 0 saturated heterocycles. The highest BCUT2D eigenvalue weighted by atomic mass is 32.1. The molecule has 3 rings (SSSR count). The van der Waals surface area contributed by atoms with E-state index in [2.05, 4.69) is 9.97 Å². The fraction of sp³-hybridized carbons (Fsp3) is 0.533. The second-order valence-corrected chi connectivity index (χ2v) is 6.45. The van der Waals surface area contributed by atoms with Gasteiger partial charge < -0.3 is 14.1 Å². The van der Waals surface area contributed by atoms with Gasteiger partial charge in [-0.2, -0.15) is 0 Å². The number of aromatic nitrogens is 2. The second kappa shape index (κ2) is 6.18. The zero-order valence-corrected chi connectivity index (χ0v) is 13.7. The van der Waals surface area contributed by atoms with Crippen LogP contribution in [0.2, 0.25) is 0 Å². The summed E-state index contributed by atoms with van der Waals surface area (Å²) < 4.78 is 10.6. The predicted molar refractivity (Wildman–Crippen MR) is 81.8 cm³/mol. The molecule has 0 aliphatic heterocycles. The van der Waals surface area contributed by atoms with Crippen molar-refractivity contribution in [2.75, 3.05) is 14.2 Å². The van der Waals surface area contributed by atoms with E-state index in [1.54, 1.807) is 30.4 Å². The maximum absolute atomic E-state index is 12.5. The Hall–Kier alpha value is -1.73. The lowest BCUT2D eigenvalue weighted by Gasteiger charge is -2.15. The molecule has 0 bridgehead atoms. The molecule has 2 aromatic heterocycles. The summed E-state index contributed by atoms with van der Waals surface area (Å²) in [6.07, 6.45) is 3.47. The molecule has 0 spiro atoms. The first-order valence-corrected chi connectivity index (χ1v) is 8.14. The van der Waals surface area contributed by atoms with Crippen LogP contribution in [0.1, 0.15) is 58.7 Å². The van der Waals surface area contributed by atoms with Crippen molar-refractivity contribution in [2.24, 2.45) is 0 Å². The van der Waals surface area contributed by atoms with E-state index < -0.39 is 0 Å². The van der Waals surface area contributed by atoms with Crippen LogP contribution in [-0.2, 0) is 11.3 Å². The number of carbonyl (C=O) groups excluding carboxylic acids is 1. The van der Waals surface area contributed by atoms with Gasteiger partial charge >= 0.3 is 0 Å². The van der Waals surface area contributed by atoms with Gasteiger partial charge in [0.2, 0.25) is 0 Å². The van der Waals surface area contributed by atoms with E-state index in [4.69, 9.17) is 9.15 Å². The smallest absolute Gasteiger partial charge is 0.276 e. The Morgan fingerprint density at radius 2 is 2.36 bits per heavy atom. The Balaban J connectivity index is 1.68. The molecule has 2 heterocycles. The molecular formula is C15H19N3O3S. The van der Waals surface area contributed by atoms with Crippen LogP contribution in [0.4, 0.5) is 0 Å². The van der Waals surface area contributed by atoms with Crippen molar-refractivity contribution in [2.45, 2.75) is 38.3 Å². The van der Waals surface area contributed by atoms with Gasteiger partial charge in [0.25, 0.3) is 5.91 Å². The van der Waals surface area contributed by atoms with E-state index >= 15 is 0 Å². The number of amides is 1. The van der Waals surface area contributed by atoms with Crippen molar-refractivity contribution in [3.8, 4) is 0 Å². The van der Waals surface area contributed by atoms with E-state index in [0.717, 1.165) is 29.3 Å². The minimum Gasteiger partial charge on any atom is -0.447 e. The van der Waals surface area contributed by atoms with E-state index in [0.29, 0.717) is 18.2 Å². The maximum atomic E-state index is 12.5. The third-order valence-electron chi connectivity index (χ3n) is 3.76. The van der Waals surface area contributed by atoms with Crippen LogP contribution in [0.15, 0.2) is 16.2 Å². The Morgan fingerprint density at radius 3 is 3.05 bits per heavy atom. The largest absolute Gasteiger partial charge is 0.447 e. The number of nitrogens with zero attached hydrogens (tertiary/aromatic N) is 3. The average Bonchev–Trinajstić information content (AvgIpc) is 3.07. The SMILES string of the molecule is COC(C)c1nc(CN(C)C(=O)c2ncoc2C2CC2)cs1. The highest BCUT2D eigenvalue weighted by Crippen LogP contribution is 2.41. The summed E-state index contributed by atoms with van der Waals surface area (Å²) in [4.78, 5) is 22.7. The first-order chi connectivity index (χ1) is 10.6. The predicted octanol–water partition coefficient (Wildman–Crippen LogP) is 2.99. The standard InChI is InChI=1S/C15H19N3O3S/c1-9(20-3)14-17-11(7-22-14)6-18(2)15(19)12-13(10-4-5-10)21-8-16-12/h7-10H,4-6H2,1-3H3. The topological polar surface area (TPSA) is 68.5 Å². The number of oxazole rings is 1. The number of hydrogen-bond donors (Lipinski definition) is 0. The van der Waals surface area contributed by atoms with Crippen molar-refractivity contribution >= 4 is 17.2 Å². The molecule has 0 aromatic carbocycles. The number of methoxy groups -OCH3 is 1. The summed E-state index contributed by atoms with van der Waals surface area (Å²) in [5.41, 5.74) is 1.29. The van der Waals surface area contributed by atoms with Crippen LogP contribution in [0.3, 0.4) is 0 Å². The minimum absolute atomic E-state index is 0.0308.